The molecule has 0 saturated carbocycles. The molecule has 1 heterocycles. The Morgan fingerprint density at radius 2 is 2.20 bits per heavy atom. The van der Waals surface area contributed by atoms with Gasteiger partial charge in [-0.25, -0.2) is 9.97 Å². The number of rotatable bonds is 3. The molecule has 0 radical (unpaired) electrons. The lowest BCUT2D eigenvalue weighted by Gasteiger charge is -2.04. The number of hydrogen-bond acceptors (Lipinski definition) is 6. The van der Waals surface area contributed by atoms with Crippen molar-refractivity contribution >= 4 is 11.8 Å². The summed E-state index contributed by atoms with van der Waals surface area (Å²) in [5.74, 6) is -0.155. The molecule has 1 rings (SSSR count). The van der Waals surface area contributed by atoms with Crippen molar-refractivity contribution in [2.45, 2.75) is 13.5 Å². The monoisotopic (exact) mass is 208 g/mol. The maximum Gasteiger partial charge on any atom is 0.258 e. The van der Waals surface area contributed by atoms with Gasteiger partial charge in [-0.3, -0.25) is 10.8 Å². The molecule has 2 N–H and O–H groups in total. The van der Waals surface area contributed by atoms with Crippen LogP contribution in [0.2, 0.25) is 0 Å². The fourth-order valence-electron chi connectivity index (χ4n) is 0.932. The summed E-state index contributed by atoms with van der Waals surface area (Å²) >= 11 is 0. The van der Waals surface area contributed by atoms with Crippen molar-refractivity contribution in [1.82, 2.24) is 9.97 Å². The molecular weight excluding hydrogens is 196 g/mol. The van der Waals surface area contributed by atoms with Gasteiger partial charge in [-0.15, -0.1) is 0 Å². The third kappa shape index (κ3) is 3.43. The average molecular weight is 208 g/mol. The Morgan fingerprint density at radius 1 is 1.47 bits per heavy atom. The van der Waals surface area contributed by atoms with E-state index in [-0.39, 0.29) is 17.6 Å². The molecule has 0 aromatic carbocycles. The van der Waals surface area contributed by atoms with Crippen LogP contribution in [0.5, 0.6) is 0 Å². The lowest BCUT2D eigenvalue weighted by atomic mass is 10.4. The Labute approximate surface area is 87.3 Å². The Hall–Kier alpha value is -1.82. The maximum absolute atomic E-state index is 7.46. The fraction of sp³-hybridized carbons (Fsp3) is 0.333. The Morgan fingerprint density at radius 3 is 2.80 bits per heavy atom. The van der Waals surface area contributed by atoms with E-state index < -0.39 is 0 Å². The van der Waals surface area contributed by atoms with Crippen molar-refractivity contribution in [1.29, 1.82) is 10.8 Å². The molecule has 0 saturated heterocycles. The second-order valence-corrected chi connectivity index (χ2v) is 2.79. The van der Waals surface area contributed by atoms with Gasteiger partial charge in [0.15, 0.2) is 5.90 Å². The van der Waals surface area contributed by atoms with Gasteiger partial charge in [0.05, 0.1) is 12.3 Å². The highest BCUT2D eigenvalue weighted by Gasteiger charge is 2.08. The van der Waals surface area contributed by atoms with Crippen molar-refractivity contribution in [3.05, 3.63) is 23.8 Å². The van der Waals surface area contributed by atoms with Crippen LogP contribution in [0.15, 0.2) is 12.3 Å². The normalized spacial score (nSPS) is 9.73. The molecule has 0 aliphatic heterocycles. The predicted molar refractivity (Wildman–Crippen MR) is 54.1 cm³/mol. The number of methoxy groups -OCH3 is 1. The lowest BCUT2D eigenvalue weighted by Crippen LogP contribution is -2.13. The molecule has 0 spiro atoms. The second kappa shape index (κ2) is 5.16. The quantitative estimate of drug-likeness (QED) is 0.571. The number of nitrogens with one attached hydrogen (secondary N) is 2. The standard InChI is InChI=1S/C9H12N4O2/c1-6(10)15-8(11)9-12-4-3-7(13-9)5-14-2/h3-4,10-11H,5H2,1-2H3. The molecule has 0 amide bonds. The van der Waals surface area contributed by atoms with Crippen LogP contribution in [0.25, 0.3) is 0 Å². The van der Waals surface area contributed by atoms with Crippen molar-refractivity contribution < 1.29 is 9.47 Å². The van der Waals surface area contributed by atoms with Gasteiger partial charge in [-0.05, 0) is 6.07 Å². The van der Waals surface area contributed by atoms with Crippen LogP contribution < -0.4 is 0 Å². The van der Waals surface area contributed by atoms with E-state index in [2.05, 4.69) is 9.97 Å². The third-order valence-corrected chi connectivity index (χ3v) is 1.46. The third-order valence-electron chi connectivity index (χ3n) is 1.46. The molecule has 0 atom stereocenters. The molecule has 6 heteroatoms. The van der Waals surface area contributed by atoms with Crippen LogP contribution in [0.4, 0.5) is 0 Å². The van der Waals surface area contributed by atoms with Gasteiger partial charge < -0.3 is 9.47 Å². The summed E-state index contributed by atoms with van der Waals surface area (Å²) in [6.45, 7) is 1.79. The lowest BCUT2D eigenvalue weighted by molar-refractivity contribution is 0.181. The number of ether oxygens (including phenoxy) is 2. The molecule has 0 fully saturated rings. The summed E-state index contributed by atoms with van der Waals surface area (Å²) in [4.78, 5) is 7.89. The minimum atomic E-state index is -0.236. The summed E-state index contributed by atoms with van der Waals surface area (Å²) < 4.78 is 9.67. The van der Waals surface area contributed by atoms with Crippen LogP contribution in [-0.2, 0) is 16.1 Å². The second-order valence-electron chi connectivity index (χ2n) is 2.79. The molecule has 0 bridgehead atoms. The summed E-state index contributed by atoms with van der Waals surface area (Å²) in [6.07, 6.45) is 1.52. The van der Waals surface area contributed by atoms with Crippen LogP contribution in [0.1, 0.15) is 18.4 Å². The van der Waals surface area contributed by atoms with E-state index in [1.54, 1.807) is 13.2 Å². The van der Waals surface area contributed by atoms with Crippen molar-refractivity contribution in [3.8, 4) is 0 Å². The average Bonchev–Trinajstić information content (AvgIpc) is 2.17. The highest BCUT2D eigenvalue weighted by Crippen LogP contribution is 1.99. The van der Waals surface area contributed by atoms with E-state index in [0.29, 0.717) is 12.3 Å². The highest BCUT2D eigenvalue weighted by molar-refractivity contribution is 5.95. The first kappa shape index (κ1) is 11.3. The van der Waals surface area contributed by atoms with E-state index in [4.69, 9.17) is 20.3 Å². The molecule has 1 aromatic rings. The molecule has 0 aliphatic rings. The van der Waals surface area contributed by atoms with Gasteiger partial charge in [0.1, 0.15) is 0 Å². The van der Waals surface area contributed by atoms with Crippen LogP contribution in [-0.4, -0.2) is 28.9 Å². The SMILES string of the molecule is COCc1ccnc(C(=N)OC(C)=N)n1. The Kier molecular flexibility index (Phi) is 3.87. The van der Waals surface area contributed by atoms with Crippen molar-refractivity contribution in [2.24, 2.45) is 0 Å². The largest absolute Gasteiger partial charge is 0.422 e. The minimum absolute atomic E-state index is 0.0688. The van der Waals surface area contributed by atoms with Gasteiger partial charge in [-0.1, -0.05) is 0 Å². The highest BCUT2D eigenvalue weighted by atomic mass is 16.5. The zero-order valence-corrected chi connectivity index (χ0v) is 8.57. The molecule has 0 aliphatic carbocycles. The van der Waals surface area contributed by atoms with Gasteiger partial charge in [-0.2, -0.15) is 0 Å². The van der Waals surface area contributed by atoms with Gasteiger partial charge in [0.25, 0.3) is 5.90 Å². The first-order valence-corrected chi connectivity index (χ1v) is 4.26. The Balaban J connectivity index is 2.80. The number of hydrogen-bond donors (Lipinski definition) is 2. The molecule has 15 heavy (non-hydrogen) atoms. The molecule has 0 unspecified atom stereocenters. The van der Waals surface area contributed by atoms with E-state index in [0.717, 1.165) is 0 Å². The van der Waals surface area contributed by atoms with E-state index in [1.807, 2.05) is 0 Å². The van der Waals surface area contributed by atoms with Crippen LogP contribution >= 0.6 is 0 Å². The zero-order valence-electron chi connectivity index (χ0n) is 8.57. The molecule has 80 valence electrons. The number of nitrogens with zero attached hydrogens (tertiary/aromatic N) is 2. The van der Waals surface area contributed by atoms with Crippen molar-refractivity contribution in [2.75, 3.05) is 7.11 Å². The van der Waals surface area contributed by atoms with Gasteiger partial charge >= 0.3 is 0 Å². The number of aromatic nitrogens is 2. The van der Waals surface area contributed by atoms with E-state index in [1.165, 1.54) is 13.1 Å². The molecule has 6 nitrogen and oxygen atoms in total. The summed E-state index contributed by atoms with van der Waals surface area (Å²) in [7, 11) is 1.56. The van der Waals surface area contributed by atoms with Crippen LogP contribution in [0.3, 0.4) is 0 Å². The molecular formula is C9H12N4O2. The predicted octanol–water partition coefficient (Wildman–Crippen LogP) is 0.962. The topological polar surface area (TPSA) is 91.9 Å². The van der Waals surface area contributed by atoms with Crippen molar-refractivity contribution in [3.63, 3.8) is 0 Å². The summed E-state index contributed by atoms with van der Waals surface area (Å²) in [6, 6.07) is 1.69. The van der Waals surface area contributed by atoms with Gasteiger partial charge in [0.2, 0.25) is 5.82 Å². The molecule has 1 aromatic heterocycles. The van der Waals surface area contributed by atoms with E-state index in [9.17, 15) is 0 Å². The maximum atomic E-state index is 7.46. The van der Waals surface area contributed by atoms with Crippen LogP contribution in [0, 0.1) is 10.8 Å². The minimum Gasteiger partial charge on any atom is -0.422 e. The summed E-state index contributed by atoms with van der Waals surface area (Å²) in [5.41, 5.74) is 0.665. The van der Waals surface area contributed by atoms with Gasteiger partial charge in [0, 0.05) is 20.2 Å². The first-order valence-electron chi connectivity index (χ1n) is 4.26. The Bertz CT molecular complexity index is 378. The fourth-order valence-corrected chi connectivity index (χ4v) is 0.932. The van der Waals surface area contributed by atoms with E-state index >= 15 is 0 Å². The smallest absolute Gasteiger partial charge is 0.258 e. The zero-order chi connectivity index (χ0) is 11.3. The first-order chi connectivity index (χ1) is 7.13. The summed E-state index contributed by atoms with van der Waals surface area (Å²) in [5, 5.41) is 14.5.